The minimum Gasteiger partial charge on any atom is -0.408 e. The van der Waals surface area contributed by atoms with Crippen molar-refractivity contribution in [1.29, 1.82) is 0 Å². The molecule has 0 radical (unpaired) electrons. The number of hydrogen-bond donors (Lipinski definition) is 4. The van der Waals surface area contributed by atoms with Crippen LogP contribution < -0.4 is 22.1 Å². The van der Waals surface area contributed by atoms with Crippen LogP contribution in [0.3, 0.4) is 0 Å². The maximum atomic E-state index is 12.2. The number of primary amides is 1. The van der Waals surface area contributed by atoms with Crippen molar-refractivity contribution in [1.82, 2.24) is 4.98 Å². The van der Waals surface area contributed by atoms with Crippen molar-refractivity contribution in [2.45, 2.75) is 0 Å². The van der Waals surface area contributed by atoms with Crippen LogP contribution in [0.15, 0.2) is 51.7 Å². The minimum absolute atomic E-state index is 0.333. The van der Waals surface area contributed by atoms with Gasteiger partial charge in [0.2, 0.25) is 0 Å². The van der Waals surface area contributed by atoms with Crippen LogP contribution in [0, 0.1) is 0 Å². The van der Waals surface area contributed by atoms with Crippen molar-refractivity contribution >= 4 is 34.4 Å². The standard InChI is InChI=1S/C15H12N4O4/c16-14(21)18-9-3-1-8(2-4-9)13(20)17-10-5-6-12-11(7-10)19-15(22)23-12/h1-7H,(H,17,20)(H,19,22)(H3,16,18,21). The fraction of sp³-hybridized carbons (Fsp3) is 0. The van der Waals surface area contributed by atoms with Crippen LogP contribution >= 0.6 is 0 Å². The van der Waals surface area contributed by atoms with Gasteiger partial charge in [0.15, 0.2) is 5.58 Å². The van der Waals surface area contributed by atoms with E-state index in [2.05, 4.69) is 15.6 Å². The zero-order valence-corrected chi connectivity index (χ0v) is 11.8. The molecule has 0 saturated heterocycles. The number of carbonyl (C=O) groups excluding carboxylic acids is 2. The number of nitrogens with one attached hydrogen (secondary N) is 3. The molecule has 3 rings (SSSR count). The van der Waals surface area contributed by atoms with E-state index in [0.717, 1.165) is 0 Å². The Labute approximate surface area is 129 Å². The first-order chi connectivity index (χ1) is 11.0. The number of anilines is 2. The molecular weight excluding hydrogens is 300 g/mol. The highest BCUT2D eigenvalue weighted by Gasteiger charge is 2.08. The lowest BCUT2D eigenvalue weighted by Gasteiger charge is -2.06. The van der Waals surface area contributed by atoms with Gasteiger partial charge < -0.3 is 20.8 Å². The van der Waals surface area contributed by atoms with Crippen molar-refractivity contribution < 1.29 is 14.0 Å². The summed E-state index contributed by atoms with van der Waals surface area (Å²) in [5.74, 6) is -0.887. The first-order valence-electron chi connectivity index (χ1n) is 6.62. The molecule has 0 aliphatic heterocycles. The lowest BCUT2D eigenvalue weighted by Crippen LogP contribution is -2.19. The average Bonchev–Trinajstić information content (AvgIpc) is 2.86. The number of fused-ring (bicyclic) bond motifs is 1. The number of benzene rings is 2. The summed E-state index contributed by atoms with van der Waals surface area (Å²) in [4.78, 5) is 36.5. The molecule has 1 aromatic heterocycles. The molecule has 0 atom stereocenters. The van der Waals surface area contributed by atoms with E-state index >= 15 is 0 Å². The molecular formula is C15H12N4O4. The van der Waals surface area contributed by atoms with Crippen LogP contribution in [0.4, 0.5) is 16.2 Å². The summed E-state index contributed by atoms with van der Waals surface area (Å²) in [6.07, 6.45) is 0. The molecule has 8 nitrogen and oxygen atoms in total. The molecule has 0 saturated carbocycles. The van der Waals surface area contributed by atoms with Gasteiger partial charge in [0.1, 0.15) is 0 Å². The van der Waals surface area contributed by atoms with Gasteiger partial charge in [0, 0.05) is 16.9 Å². The second-order valence-corrected chi connectivity index (χ2v) is 4.75. The number of hydrogen-bond acceptors (Lipinski definition) is 4. The highest BCUT2D eigenvalue weighted by Crippen LogP contribution is 2.17. The lowest BCUT2D eigenvalue weighted by atomic mass is 10.2. The Morgan fingerprint density at radius 1 is 1.00 bits per heavy atom. The molecule has 3 amide bonds. The van der Waals surface area contributed by atoms with Gasteiger partial charge in [-0.2, -0.15) is 0 Å². The number of rotatable bonds is 3. The number of amides is 3. The molecule has 8 heteroatoms. The molecule has 1 heterocycles. The number of aromatic nitrogens is 1. The van der Waals surface area contributed by atoms with E-state index in [1.807, 2.05) is 0 Å². The minimum atomic E-state index is -0.676. The third kappa shape index (κ3) is 3.21. The van der Waals surface area contributed by atoms with Crippen LogP contribution in [0.2, 0.25) is 0 Å². The largest absolute Gasteiger partial charge is 0.417 e. The first kappa shape index (κ1) is 14.4. The topological polar surface area (TPSA) is 130 Å². The van der Waals surface area contributed by atoms with E-state index in [0.29, 0.717) is 28.0 Å². The zero-order chi connectivity index (χ0) is 16.4. The smallest absolute Gasteiger partial charge is 0.408 e. The normalized spacial score (nSPS) is 10.4. The van der Waals surface area contributed by atoms with Crippen molar-refractivity contribution in [3.63, 3.8) is 0 Å². The predicted molar refractivity (Wildman–Crippen MR) is 84.4 cm³/mol. The number of oxazole rings is 1. The van der Waals surface area contributed by atoms with Gasteiger partial charge in [0.25, 0.3) is 5.91 Å². The zero-order valence-electron chi connectivity index (χ0n) is 11.8. The predicted octanol–water partition coefficient (Wildman–Crippen LogP) is 1.86. The number of aromatic amines is 1. The molecule has 2 aromatic carbocycles. The second kappa shape index (κ2) is 5.68. The monoisotopic (exact) mass is 312 g/mol. The molecule has 5 N–H and O–H groups in total. The molecule has 0 unspecified atom stereocenters. The van der Waals surface area contributed by atoms with Crippen molar-refractivity contribution in [2.75, 3.05) is 10.6 Å². The number of H-pyrrole nitrogens is 1. The van der Waals surface area contributed by atoms with Gasteiger partial charge in [-0.05, 0) is 42.5 Å². The van der Waals surface area contributed by atoms with Crippen LogP contribution in [-0.2, 0) is 0 Å². The lowest BCUT2D eigenvalue weighted by molar-refractivity contribution is 0.102. The van der Waals surface area contributed by atoms with E-state index < -0.39 is 11.8 Å². The molecule has 0 spiro atoms. The maximum Gasteiger partial charge on any atom is 0.417 e. The molecule has 0 fully saturated rings. The fourth-order valence-electron chi connectivity index (χ4n) is 2.08. The summed E-state index contributed by atoms with van der Waals surface area (Å²) in [5.41, 5.74) is 7.32. The Bertz CT molecular complexity index is 940. The van der Waals surface area contributed by atoms with Gasteiger partial charge >= 0.3 is 11.8 Å². The third-order valence-corrected chi connectivity index (χ3v) is 3.09. The number of nitrogens with two attached hydrogens (primary N) is 1. The first-order valence-corrected chi connectivity index (χ1v) is 6.62. The fourth-order valence-corrected chi connectivity index (χ4v) is 2.08. The van der Waals surface area contributed by atoms with Crippen LogP contribution in [0.25, 0.3) is 11.1 Å². The van der Waals surface area contributed by atoms with Crippen LogP contribution in [-0.4, -0.2) is 16.9 Å². The summed E-state index contributed by atoms with van der Waals surface area (Å²) in [6, 6.07) is 10.4. The Hall–Kier alpha value is -3.55. The molecule has 116 valence electrons. The summed E-state index contributed by atoms with van der Waals surface area (Å²) < 4.78 is 4.89. The summed E-state index contributed by atoms with van der Waals surface area (Å²) in [5, 5.41) is 5.11. The van der Waals surface area contributed by atoms with Crippen molar-refractivity contribution in [2.24, 2.45) is 5.73 Å². The van der Waals surface area contributed by atoms with Gasteiger partial charge in [-0.3, -0.25) is 9.78 Å². The number of carbonyl (C=O) groups is 2. The summed E-state index contributed by atoms with van der Waals surface area (Å²) in [6.45, 7) is 0. The molecule has 23 heavy (non-hydrogen) atoms. The summed E-state index contributed by atoms with van der Waals surface area (Å²) in [7, 11) is 0. The van der Waals surface area contributed by atoms with Gasteiger partial charge in [-0.25, -0.2) is 9.59 Å². The van der Waals surface area contributed by atoms with Crippen LogP contribution in [0.5, 0.6) is 0 Å². The molecule has 3 aromatic rings. The van der Waals surface area contributed by atoms with E-state index in [-0.39, 0.29) is 5.91 Å². The third-order valence-electron chi connectivity index (χ3n) is 3.09. The Balaban J connectivity index is 1.76. The Kier molecular flexibility index (Phi) is 3.55. The quantitative estimate of drug-likeness (QED) is 0.588. The van der Waals surface area contributed by atoms with E-state index in [4.69, 9.17) is 10.2 Å². The van der Waals surface area contributed by atoms with E-state index in [9.17, 15) is 14.4 Å². The SMILES string of the molecule is NC(=O)Nc1ccc(C(=O)Nc2ccc3oc(=O)[nH]c3c2)cc1. The van der Waals surface area contributed by atoms with E-state index in [1.165, 1.54) is 0 Å². The Morgan fingerprint density at radius 2 is 1.70 bits per heavy atom. The number of urea groups is 1. The summed E-state index contributed by atoms with van der Waals surface area (Å²) >= 11 is 0. The van der Waals surface area contributed by atoms with Gasteiger partial charge in [0.05, 0.1) is 5.52 Å². The van der Waals surface area contributed by atoms with Crippen molar-refractivity contribution in [3.05, 3.63) is 58.6 Å². The maximum absolute atomic E-state index is 12.2. The van der Waals surface area contributed by atoms with Crippen LogP contribution in [0.1, 0.15) is 10.4 Å². The average molecular weight is 312 g/mol. The molecule has 0 bridgehead atoms. The second-order valence-electron chi connectivity index (χ2n) is 4.75. The van der Waals surface area contributed by atoms with Gasteiger partial charge in [-0.1, -0.05) is 0 Å². The molecule has 0 aliphatic rings. The van der Waals surface area contributed by atoms with E-state index in [1.54, 1.807) is 42.5 Å². The molecule has 0 aliphatic carbocycles. The highest BCUT2D eigenvalue weighted by atomic mass is 16.4. The Morgan fingerprint density at radius 3 is 2.39 bits per heavy atom. The van der Waals surface area contributed by atoms with Gasteiger partial charge in [-0.15, -0.1) is 0 Å². The van der Waals surface area contributed by atoms with Crippen molar-refractivity contribution in [3.8, 4) is 0 Å². The highest BCUT2D eigenvalue weighted by molar-refractivity contribution is 6.05.